The van der Waals surface area contributed by atoms with E-state index in [1.165, 1.54) is 16.0 Å². The Labute approximate surface area is 111 Å². The maximum atomic E-state index is 4.77. The van der Waals surface area contributed by atoms with Crippen molar-refractivity contribution < 1.29 is 0 Å². The van der Waals surface area contributed by atoms with Gasteiger partial charge in [0.1, 0.15) is 5.01 Å². The van der Waals surface area contributed by atoms with E-state index in [-0.39, 0.29) is 0 Å². The lowest BCUT2D eigenvalue weighted by Gasteiger charge is -1.97. The first-order valence-electron chi connectivity index (χ1n) is 5.93. The van der Waals surface area contributed by atoms with E-state index < -0.39 is 0 Å². The highest BCUT2D eigenvalue weighted by atomic mass is 32.1. The van der Waals surface area contributed by atoms with Gasteiger partial charge in [0.15, 0.2) is 0 Å². The third-order valence-corrected chi connectivity index (χ3v) is 3.88. The molecule has 0 saturated heterocycles. The number of rotatable bonds is 2. The van der Waals surface area contributed by atoms with Crippen molar-refractivity contribution in [1.82, 2.24) is 4.98 Å². The molecule has 0 fully saturated rings. The van der Waals surface area contributed by atoms with Crippen molar-refractivity contribution in [1.29, 1.82) is 0 Å². The molecule has 0 radical (unpaired) electrons. The summed E-state index contributed by atoms with van der Waals surface area (Å²) in [5, 5.41) is 1.09. The van der Waals surface area contributed by atoms with Crippen molar-refractivity contribution in [3.05, 3.63) is 65.5 Å². The van der Waals surface area contributed by atoms with Crippen LogP contribution in [-0.2, 0) is 0 Å². The summed E-state index contributed by atoms with van der Waals surface area (Å²) >= 11 is 1.75. The number of hydrogen-bond acceptors (Lipinski definition) is 2. The largest absolute Gasteiger partial charge is 0.236 e. The minimum absolute atomic E-state index is 1.09. The first-order chi connectivity index (χ1) is 8.84. The van der Waals surface area contributed by atoms with Crippen molar-refractivity contribution in [2.24, 2.45) is 0 Å². The third-order valence-electron chi connectivity index (χ3n) is 2.86. The van der Waals surface area contributed by atoms with E-state index in [9.17, 15) is 0 Å². The van der Waals surface area contributed by atoms with Crippen molar-refractivity contribution in [3.63, 3.8) is 0 Å². The zero-order valence-corrected chi connectivity index (χ0v) is 10.9. The standard InChI is InChI=1S/C16H13NS/c1-12-15(13-8-4-2-5-9-13)17-16(18-12)14-10-6-3-7-11-14/h2-11H,1H3. The van der Waals surface area contributed by atoms with E-state index in [4.69, 9.17) is 4.98 Å². The highest BCUT2D eigenvalue weighted by Crippen LogP contribution is 2.32. The van der Waals surface area contributed by atoms with E-state index in [2.05, 4.69) is 43.3 Å². The molecule has 18 heavy (non-hydrogen) atoms. The molecule has 2 aromatic carbocycles. The molecule has 1 nitrogen and oxygen atoms in total. The Morgan fingerprint density at radius 1 is 0.778 bits per heavy atom. The van der Waals surface area contributed by atoms with Gasteiger partial charge in [-0.2, -0.15) is 0 Å². The molecule has 0 spiro atoms. The van der Waals surface area contributed by atoms with Crippen LogP contribution >= 0.6 is 11.3 Å². The Kier molecular flexibility index (Phi) is 2.95. The lowest BCUT2D eigenvalue weighted by molar-refractivity contribution is 1.37. The summed E-state index contributed by atoms with van der Waals surface area (Å²) in [5.41, 5.74) is 3.47. The smallest absolute Gasteiger partial charge is 0.124 e. The summed E-state index contributed by atoms with van der Waals surface area (Å²) < 4.78 is 0. The summed E-state index contributed by atoms with van der Waals surface area (Å²) in [6.45, 7) is 2.13. The first-order valence-corrected chi connectivity index (χ1v) is 6.74. The molecule has 88 valence electrons. The Bertz CT molecular complexity index is 641. The highest BCUT2D eigenvalue weighted by Gasteiger charge is 2.10. The Morgan fingerprint density at radius 3 is 1.94 bits per heavy atom. The number of benzene rings is 2. The van der Waals surface area contributed by atoms with Gasteiger partial charge >= 0.3 is 0 Å². The second kappa shape index (κ2) is 4.75. The number of aryl methyl sites for hydroxylation is 1. The summed E-state index contributed by atoms with van der Waals surface area (Å²) in [7, 11) is 0. The fraction of sp³-hybridized carbons (Fsp3) is 0.0625. The van der Waals surface area contributed by atoms with Crippen LogP contribution in [0.4, 0.5) is 0 Å². The Morgan fingerprint density at radius 2 is 1.33 bits per heavy atom. The molecule has 1 aromatic heterocycles. The predicted octanol–water partition coefficient (Wildman–Crippen LogP) is 4.79. The molecule has 3 aromatic rings. The fourth-order valence-electron chi connectivity index (χ4n) is 1.96. The van der Waals surface area contributed by atoms with E-state index in [0.717, 1.165) is 10.7 Å². The van der Waals surface area contributed by atoms with E-state index in [0.29, 0.717) is 0 Å². The molecule has 0 aliphatic carbocycles. The second-order valence-electron chi connectivity index (χ2n) is 4.16. The zero-order chi connectivity index (χ0) is 12.4. The topological polar surface area (TPSA) is 12.9 Å². The van der Waals surface area contributed by atoms with Crippen LogP contribution in [-0.4, -0.2) is 4.98 Å². The van der Waals surface area contributed by atoms with Gasteiger partial charge in [0.25, 0.3) is 0 Å². The molecular formula is C16H13NS. The molecule has 0 unspecified atom stereocenters. The van der Waals surface area contributed by atoms with Gasteiger partial charge in [-0.15, -0.1) is 11.3 Å². The maximum absolute atomic E-state index is 4.77. The Hall–Kier alpha value is -1.93. The van der Waals surface area contributed by atoms with Gasteiger partial charge < -0.3 is 0 Å². The average Bonchev–Trinajstić information content (AvgIpc) is 2.83. The van der Waals surface area contributed by atoms with Crippen molar-refractivity contribution >= 4 is 11.3 Å². The van der Waals surface area contributed by atoms with Crippen LogP contribution in [0.2, 0.25) is 0 Å². The highest BCUT2D eigenvalue weighted by molar-refractivity contribution is 7.15. The molecule has 1 heterocycles. The van der Waals surface area contributed by atoms with Gasteiger partial charge in [-0.05, 0) is 6.92 Å². The number of hydrogen-bond donors (Lipinski definition) is 0. The van der Waals surface area contributed by atoms with Gasteiger partial charge in [-0.3, -0.25) is 0 Å². The van der Waals surface area contributed by atoms with Crippen LogP contribution < -0.4 is 0 Å². The quantitative estimate of drug-likeness (QED) is 0.638. The number of aromatic nitrogens is 1. The monoisotopic (exact) mass is 251 g/mol. The molecule has 0 bridgehead atoms. The minimum atomic E-state index is 1.09. The summed E-state index contributed by atoms with van der Waals surface area (Å²) in [6.07, 6.45) is 0. The maximum Gasteiger partial charge on any atom is 0.124 e. The minimum Gasteiger partial charge on any atom is -0.236 e. The molecule has 3 rings (SSSR count). The molecule has 0 amide bonds. The molecular weight excluding hydrogens is 238 g/mol. The van der Waals surface area contributed by atoms with Gasteiger partial charge in [-0.1, -0.05) is 60.7 Å². The number of nitrogens with zero attached hydrogens (tertiary/aromatic N) is 1. The lowest BCUT2D eigenvalue weighted by atomic mass is 10.1. The second-order valence-corrected chi connectivity index (χ2v) is 5.36. The predicted molar refractivity (Wildman–Crippen MR) is 77.7 cm³/mol. The lowest BCUT2D eigenvalue weighted by Crippen LogP contribution is -1.80. The fourth-order valence-corrected chi connectivity index (χ4v) is 2.91. The van der Waals surface area contributed by atoms with E-state index in [1.807, 2.05) is 24.3 Å². The average molecular weight is 251 g/mol. The van der Waals surface area contributed by atoms with Crippen LogP contribution in [0.25, 0.3) is 21.8 Å². The van der Waals surface area contributed by atoms with Crippen LogP contribution in [0.15, 0.2) is 60.7 Å². The van der Waals surface area contributed by atoms with Crippen LogP contribution in [0.1, 0.15) is 4.88 Å². The normalized spacial score (nSPS) is 10.5. The third kappa shape index (κ3) is 2.07. The van der Waals surface area contributed by atoms with Crippen LogP contribution in [0, 0.1) is 6.92 Å². The number of thiazole rings is 1. The first kappa shape index (κ1) is 11.2. The van der Waals surface area contributed by atoms with E-state index >= 15 is 0 Å². The van der Waals surface area contributed by atoms with Gasteiger partial charge in [0.2, 0.25) is 0 Å². The van der Waals surface area contributed by atoms with Crippen molar-refractivity contribution in [2.75, 3.05) is 0 Å². The van der Waals surface area contributed by atoms with Crippen LogP contribution in [0.5, 0.6) is 0 Å². The van der Waals surface area contributed by atoms with Gasteiger partial charge in [0.05, 0.1) is 5.69 Å². The molecule has 0 saturated carbocycles. The van der Waals surface area contributed by atoms with Gasteiger partial charge in [-0.25, -0.2) is 4.98 Å². The molecule has 0 atom stereocenters. The SMILES string of the molecule is Cc1sc(-c2ccccc2)nc1-c1ccccc1. The molecule has 0 aliphatic heterocycles. The van der Waals surface area contributed by atoms with Gasteiger partial charge in [0, 0.05) is 16.0 Å². The summed E-state index contributed by atoms with van der Waals surface area (Å²) in [4.78, 5) is 6.03. The zero-order valence-electron chi connectivity index (χ0n) is 10.1. The summed E-state index contributed by atoms with van der Waals surface area (Å²) in [5.74, 6) is 0. The van der Waals surface area contributed by atoms with Crippen LogP contribution in [0.3, 0.4) is 0 Å². The molecule has 0 aliphatic rings. The van der Waals surface area contributed by atoms with E-state index in [1.54, 1.807) is 11.3 Å². The Balaban J connectivity index is 2.07. The summed E-state index contributed by atoms with van der Waals surface area (Å²) in [6, 6.07) is 20.7. The molecule has 0 N–H and O–H groups in total. The molecule has 2 heteroatoms. The van der Waals surface area contributed by atoms with Crippen molar-refractivity contribution in [3.8, 4) is 21.8 Å². The van der Waals surface area contributed by atoms with Crippen molar-refractivity contribution in [2.45, 2.75) is 6.92 Å².